The third-order valence-corrected chi connectivity index (χ3v) is 12.8. The maximum Gasteiger partial charge on any atom is 0.427 e. The van der Waals surface area contributed by atoms with E-state index in [1.807, 2.05) is 0 Å². The van der Waals surface area contributed by atoms with E-state index in [0.29, 0.717) is 21.7 Å². The van der Waals surface area contributed by atoms with E-state index in [1.54, 1.807) is 146 Å². The number of nitrogens with zero attached hydrogens (tertiary/aromatic N) is 11. The lowest BCUT2D eigenvalue weighted by Gasteiger charge is -2.19. The number of benzene rings is 8. The summed E-state index contributed by atoms with van der Waals surface area (Å²) >= 11 is 0. The van der Waals surface area contributed by atoms with Crippen LogP contribution in [-0.2, 0) is 0 Å². The highest BCUT2D eigenvalue weighted by Gasteiger charge is 2.46. The van der Waals surface area contributed by atoms with Gasteiger partial charge in [-0.3, -0.25) is 30.3 Å². The van der Waals surface area contributed by atoms with Crippen molar-refractivity contribution in [2.75, 3.05) is 0 Å². The average molecular weight is 1060 g/mol. The summed E-state index contributed by atoms with van der Waals surface area (Å²) in [5.74, 6) is -0.982. The van der Waals surface area contributed by atoms with Crippen LogP contribution < -0.4 is 18.9 Å². The number of nitro benzene ring substituents is 3. The third kappa shape index (κ3) is 8.04. The molecular weight excluding hydrogens is 1030 g/mol. The van der Waals surface area contributed by atoms with Crippen molar-refractivity contribution in [3.63, 3.8) is 0 Å². The first-order chi connectivity index (χ1) is 39.0. The number of ether oxygens (including phenoxy) is 4. The van der Waals surface area contributed by atoms with E-state index < -0.39 is 64.7 Å². The van der Waals surface area contributed by atoms with Gasteiger partial charge in [0.05, 0.1) is 25.7 Å². The molecule has 24 heteroatoms. The van der Waals surface area contributed by atoms with Gasteiger partial charge >= 0.3 is 17.1 Å². The van der Waals surface area contributed by atoms with Crippen LogP contribution in [0.1, 0.15) is 0 Å². The topological polar surface area (TPSA) is 308 Å². The first kappa shape index (κ1) is 47.6. The lowest BCUT2D eigenvalue weighted by Crippen LogP contribution is -2.09. The second-order valence-electron chi connectivity index (χ2n) is 17.6. The van der Waals surface area contributed by atoms with Crippen molar-refractivity contribution in [3.05, 3.63) is 216 Å². The molecule has 80 heavy (non-hydrogen) atoms. The Labute approximate surface area is 446 Å². The molecule has 11 aromatic rings. The molecule has 386 valence electrons. The molecule has 24 nitrogen and oxygen atoms in total. The molecule has 0 saturated heterocycles. The van der Waals surface area contributed by atoms with Crippen molar-refractivity contribution in [2.45, 2.75) is 0 Å². The van der Waals surface area contributed by atoms with Gasteiger partial charge in [-0.2, -0.15) is 0 Å². The molecule has 5 heterocycles. The smallest absolute Gasteiger partial charge is 0.427 e. The van der Waals surface area contributed by atoms with E-state index in [0.717, 1.165) is 0 Å². The zero-order valence-electron chi connectivity index (χ0n) is 40.6. The van der Waals surface area contributed by atoms with Crippen molar-refractivity contribution >= 4 is 61.2 Å². The van der Waals surface area contributed by atoms with E-state index in [4.69, 9.17) is 48.9 Å². The van der Waals surface area contributed by atoms with Gasteiger partial charge < -0.3 is 23.9 Å². The Bertz CT molecular complexity index is 4620. The van der Waals surface area contributed by atoms with Crippen LogP contribution in [0.15, 0.2) is 176 Å². The molecule has 0 radical (unpaired) electrons. The number of rotatable bonds is 12. The average Bonchev–Trinajstić information content (AvgIpc) is 4.39. The predicted octanol–water partition coefficient (Wildman–Crippen LogP) is 13.3. The van der Waals surface area contributed by atoms with Crippen LogP contribution in [0.5, 0.6) is 46.0 Å². The number of hydrogen-bond acceptors (Lipinski definition) is 18. The van der Waals surface area contributed by atoms with Crippen LogP contribution in [0.4, 0.5) is 17.1 Å². The number of nitrogens with one attached hydrogen (secondary N) is 1. The molecule has 2 aliphatic heterocycles. The lowest BCUT2D eigenvalue weighted by atomic mass is 10.0. The van der Waals surface area contributed by atoms with Crippen LogP contribution in [0, 0.1) is 40.5 Å². The summed E-state index contributed by atoms with van der Waals surface area (Å²) in [6.45, 7) is 0. The first-order valence-corrected chi connectivity index (χ1v) is 24.0. The molecule has 0 unspecified atom stereocenters. The van der Waals surface area contributed by atoms with Crippen LogP contribution in [0.3, 0.4) is 0 Å². The van der Waals surface area contributed by atoms with Crippen molar-refractivity contribution < 1.29 is 38.7 Å². The zero-order chi connectivity index (χ0) is 54.8. The summed E-state index contributed by atoms with van der Waals surface area (Å²) in [6.07, 6.45) is 0. The number of H-pyrrole nitrogens is 1. The highest BCUT2D eigenvalue weighted by Crippen LogP contribution is 2.56. The number of para-hydroxylation sites is 4. The van der Waals surface area contributed by atoms with Crippen molar-refractivity contribution in [2.24, 2.45) is 0 Å². The van der Waals surface area contributed by atoms with E-state index in [9.17, 15) is 40.5 Å². The van der Waals surface area contributed by atoms with Gasteiger partial charge in [-0.15, -0.1) is 0 Å². The molecule has 0 amide bonds. The highest BCUT2D eigenvalue weighted by molar-refractivity contribution is 6.18. The van der Waals surface area contributed by atoms with E-state index >= 15 is 0 Å². The molecule has 0 aliphatic carbocycles. The number of hydrogen-bond donors (Lipinski definition) is 1. The number of fused-ring (bicyclic) bond motifs is 20. The van der Waals surface area contributed by atoms with Gasteiger partial charge in [0.1, 0.15) is 39.7 Å². The van der Waals surface area contributed by atoms with Crippen molar-refractivity contribution in [3.8, 4) is 91.5 Å². The SMILES string of the molecule is O=[N+]([O-])c1c([N+](=O)[O-])c([N+](=O)[O-])c2c3nc4nc(nc5c6ccccc6c(nc6nc(nc([nH]3)c2c1Oc1ccccc1)-c1c-6cc(Oc2ccccc2)c(Oc2ccccc2)c1Oc1ccccc1)n5[N+](=O)[O-])-c1ccccc1-4. The second-order valence-corrected chi connectivity index (χ2v) is 17.6. The van der Waals surface area contributed by atoms with Gasteiger partial charge in [0.2, 0.25) is 22.8 Å². The maximum absolute atomic E-state index is 13.6. The number of nitro groups is 4. The Morgan fingerprint density at radius 2 is 0.800 bits per heavy atom. The fraction of sp³-hybridized carbons (Fsp3) is 0. The molecule has 0 spiro atoms. The summed E-state index contributed by atoms with van der Waals surface area (Å²) in [4.78, 5) is 82.3. The second kappa shape index (κ2) is 18.9. The Morgan fingerprint density at radius 3 is 1.31 bits per heavy atom. The van der Waals surface area contributed by atoms with Crippen LogP contribution in [0.25, 0.3) is 89.7 Å². The molecule has 0 atom stereocenters. The Kier molecular flexibility index (Phi) is 11.3. The fourth-order valence-electron chi connectivity index (χ4n) is 9.52. The van der Waals surface area contributed by atoms with Gasteiger partial charge in [-0.1, -0.05) is 121 Å². The standard InChI is InChI=1S/C56H30N12O12/c69-65(70)43-41-42(47(79-32-21-9-3-10-22-32)45(67(73)74)44(43)66(71)72)54-60-52-40-38(29-39(77-30-17-5-1-6-18-30)46(78-31-19-7-2-8-20-31)48(40)80-33-23-11-4-12-24-33)51(59-52)63-56-37-28-16-15-27-36(37)55(64(56)68(75)76)62-50-35-26-14-13-25-34(35)49(57-50)58-53(41)61-54/h1-29H,(H,57,58,59,60,61,62,63). The fourth-order valence-corrected chi connectivity index (χ4v) is 9.52. The third-order valence-electron chi connectivity index (χ3n) is 12.8. The summed E-state index contributed by atoms with van der Waals surface area (Å²) in [5, 5.41) is 52.2. The Hall–Kier alpha value is -12.1. The lowest BCUT2D eigenvalue weighted by molar-refractivity contribution is -0.534. The molecular formula is C56H30N12O12. The van der Waals surface area contributed by atoms with Crippen LogP contribution in [0.2, 0.25) is 0 Å². The van der Waals surface area contributed by atoms with Crippen LogP contribution in [-0.4, -0.2) is 59.4 Å². The summed E-state index contributed by atoms with van der Waals surface area (Å²) in [5.41, 5.74) is -5.06. The summed E-state index contributed by atoms with van der Waals surface area (Å²) in [6, 6.07) is 47.9. The highest BCUT2D eigenvalue weighted by atomic mass is 16.7. The molecule has 8 bridgehead atoms. The number of aromatic nitrogens is 8. The monoisotopic (exact) mass is 1060 g/mol. The van der Waals surface area contributed by atoms with Gasteiger partial charge in [0, 0.05) is 27.5 Å². The predicted molar refractivity (Wildman–Crippen MR) is 288 cm³/mol. The van der Waals surface area contributed by atoms with E-state index in [2.05, 4.69) is 4.98 Å². The minimum Gasteiger partial charge on any atom is -0.453 e. The summed E-state index contributed by atoms with van der Waals surface area (Å²) in [7, 11) is 0. The number of aromatic amines is 1. The molecule has 3 aromatic heterocycles. The van der Waals surface area contributed by atoms with E-state index in [-0.39, 0.29) is 90.8 Å². The quantitative estimate of drug-likeness (QED) is 0.0877. The normalized spacial score (nSPS) is 11.4. The Balaban J connectivity index is 1.28. The minimum atomic E-state index is -1.53. The minimum absolute atomic E-state index is 0.0118. The summed E-state index contributed by atoms with van der Waals surface area (Å²) < 4.78 is 27.1. The van der Waals surface area contributed by atoms with Gasteiger partial charge in [0.25, 0.3) is 0 Å². The molecule has 13 rings (SSSR count). The first-order valence-electron chi connectivity index (χ1n) is 24.0. The van der Waals surface area contributed by atoms with Crippen molar-refractivity contribution in [1.82, 2.24) is 39.6 Å². The van der Waals surface area contributed by atoms with Crippen molar-refractivity contribution in [1.29, 1.82) is 0 Å². The molecule has 2 aliphatic rings. The maximum atomic E-state index is 13.6. The van der Waals surface area contributed by atoms with Gasteiger partial charge in [-0.25, -0.2) is 40.0 Å². The Morgan fingerprint density at radius 1 is 0.388 bits per heavy atom. The molecule has 0 saturated carbocycles. The van der Waals surface area contributed by atoms with Gasteiger partial charge in [0.15, 0.2) is 39.8 Å². The van der Waals surface area contributed by atoms with E-state index in [1.165, 1.54) is 30.3 Å². The molecule has 0 fully saturated rings. The molecule has 1 N–H and O–H groups in total. The largest absolute Gasteiger partial charge is 0.453 e. The zero-order valence-corrected chi connectivity index (χ0v) is 40.6. The van der Waals surface area contributed by atoms with Gasteiger partial charge in [-0.05, 0) is 59.3 Å². The van der Waals surface area contributed by atoms with Crippen LogP contribution >= 0.6 is 0 Å². The molecule has 8 aromatic carbocycles.